The zero-order chi connectivity index (χ0) is 11.5. The monoisotopic (exact) mass is 215 g/mol. The van der Waals surface area contributed by atoms with Gasteiger partial charge in [0, 0.05) is 25.8 Å². The molecule has 15 heavy (non-hydrogen) atoms. The van der Waals surface area contributed by atoms with E-state index >= 15 is 0 Å². The van der Waals surface area contributed by atoms with Gasteiger partial charge in [-0.25, -0.2) is 0 Å². The van der Waals surface area contributed by atoms with Crippen molar-refractivity contribution in [1.82, 2.24) is 4.90 Å². The average Bonchev–Trinajstić information content (AvgIpc) is 2.18. The minimum Gasteiger partial charge on any atom is -0.481 e. The van der Waals surface area contributed by atoms with Crippen LogP contribution in [0.5, 0.6) is 0 Å². The number of hydrogen-bond acceptors (Lipinski definition) is 3. The summed E-state index contributed by atoms with van der Waals surface area (Å²) < 4.78 is 5.24. The van der Waals surface area contributed by atoms with Gasteiger partial charge in [0.2, 0.25) is 0 Å². The fourth-order valence-electron chi connectivity index (χ4n) is 1.86. The first-order valence-corrected chi connectivity index (χ1v) is 5.49. The van der Waals surface area contributed by atoms with Crippen LogP contribution in [0, 0.1) is 5.41 Å². The number of hydrogen-bond donors (Lipinski definition) is 1. The van der Waals surface area contributed by atoms with Gasteiger partial charge in [-0.1, -0.05) is 0 Å². The van der Waals surface area contributed by atoms with E-state index in [1.54, 1.807) is 0 Å². The number of carboxylic acids is 1. The normalized spacial score (nSPS) is 20.9. The summed E-state index contributed by atoms with van der Waals surface area (Å²) in [5.74, 6) is -0.682. The molecule has 4 nitrogen and oxygen atoms in total. The van der Waals surface area contributed by atoms with Gasteiger partial charge in [0.1, 0.15) is 0 Å². The first kappa shape index (κ1) is 12.5. The SMILES string of the molecule is CC(C)N(C)CC1(C(=O)O)CCOCC1. The van der Waals surface area contributed by atoms with Crippen LogP contribution in [0.3, 0.4) is 0 Å². The van der Waals surface area contributed by atoms with Gasteiger partial charge in [0.05, 0.1) is 5.41 Å². The van der Waals surface area contributed by atoms with Gasteiger partial charge in [-0.15, -0.1) is 0 Å². The topological polar surface area (TPSA) is 49.8 Å². The zero-order valence-electron chi connectivity index (χ0n) is 9.82. The third-order valence-corrected chi connectivity index (χ3v) is 3.34. The van der Waals surface area contributed by atoms with Crippen LogP contribution in [0.1, 0.15) is 26.7 Å². The van der Waals surface area contributed by atoms with Crippen LogP contribution in [-0.4, -0.2) is 48.8 Å². The maximum absolute atomic E-state index is 11.4. The second-order valence-electron chi connectivity index (χ2n) is 4.71. The second-order valence-corrected chi connectivity index (χ2v) is 4.71. The van der Waals surface area contributed by atoms with Crippen LogP contribution in [0.25, 0.3) is 0 Å². The van der Waals surface area contributed by atoms with Gasteiger partial charge >= 0.3 is 5.97 Å². The third-order valence-electron chi connectivity index (χ3n) is 3.34. The summed E-state index contributed by atoms with van der Waals surface area (Å²) in [5.41, 5.74) is -0.600. The Morgan fingerprint density at radius 3 is 2.40 bits per heavy atom. The third kappa shape index (κ3) is 2.92. The highest BCUT2D eigenvalue weighted by Gasteiger charge is 2.41. The first-order chi connectivity index (χ1) is 6.98. The van der Waals surface area contributed by atoms with Gasteiger partial charge < -0.3 is 14.7 Å². The van der Waals surface area contributed by atoms with Crippen LogP contribution in [0.4, 0.5) is 0 Å². The molecule has 0 amide bonds. The number of rotatable bonds is 4. The maximum Gasteiger partial charge on any atom is 0.311 e. The Labute approximate surface area is 91.2 Å². The minimum atomic E-state index is -0.682. The van der Waals surface area contributed by atoms with Crippen molar-refractivity contribution in [3.05, 3.63) is 0 Å². The van der Waals surface area contributed by atoms with Crippen LogP contribution < -0.4 is 0 Å². The number of carboxylic acid groups (broad SMARTS) is 1. The lowest BCUT2D eigenvalue weighted by Crippen LogP contribution is -2.47. The highest BCUT2D eigenvalue weighted by atomic mass is 16.5. The Morgan fingerprint density at radius 1 is 1.47 bits per heavy atom. The Hall–Kier alpha value is -0.610. The Morgan fingerprint density at radius 2 is 2.00 bits per heavy atom. The van der Waals surface area contributed by atoms with Gasteiger partial charge in [-0.2, -0.15) is 0 Å². The summed E-state index contributed by atoms with van der Waals surface area (Å²) >= 11 is 0. The molecule has 1 rings (SSSR count). The average molecular weight is 215 g/mol. The lowest BCUT2D eigenvalue weighted by atomic mass is 9.79. The Bertz CT molecular complexity index is 222. The van der Waals surface area contributed by atoms with E-state index in [0.717, 1.165) is 0 Å². The lowest BCUT2D eigenvalue weighted by molar-refractivity contribution is -0.156. The summed E-state index contributed by atoms with van der Waals surface area (Å²) in [4.78, 5) is 13.4. The van der Waals surface area contributed by atoms with Gasteiger partial charge in [-0.3, -0.25) is 4.79 Å². The molecule has 1 aliphatic rings. The summed E-state index contributed by atoms with van der Waals surface area (Å²) in [6.45, 7) is 5.91. The van der Waals surface area contributed by atoms with Crippen molar-refractivity contribution in [3.8, 4) is 0 Å². The molecule has 0 bridgehead atoms. The predicted octanol–water partition coefficient (Wildman–Crippen LogP) is 1.21. The first-order valence-electron chi connectivity index (χ1n) is 5.49. The molecule has 1 N–H and O–H groups in total. The van der Waals surface area contributed by atoms with Gasteiger partial charge in [0.15, 0.2) is 0 Å². The fraction of sp³-hybridized carbons (Fsp3) is 0.909. The Balaban J connectivity index is 2.68. The Kier molecular flexibility index (Phi) is 4.11. The number of carbonyl (C=O) groups is 1. The van der Waals surface area contributed by atoms with Gasteiger partial charge in [-0.05, 0) is 33.7 Å². The molecular formula is C11H21NO3. The molecule has 0 aromatic heterocycles. The smallest absolute Gasteiger partial charge is 0.311 e. The fourth-order valence-corrected chi connectivity index (χ4v) is 1.86. The standard InChI is InChI=1S/C11H21NO3/c1-9(2)12(3)8-11(10(13)14)4-6-15-7-5-11/h9H,4-8H2,1-3H3,(H,13,14). The molecule has 0 atom stereocenters. The summed E-state index contributed by atoms with van der Waals surface area (Å²) in [6.07, 6.45) is 1.25. The van der Waals surface area contributed by atoms with E-state index in [4.69, 9.17) is 4.74 Å². The maximum atomic E-state index is 11.4. The quantitative estimate of drug-likeness (QED) is 0.765. The van der Waals surface area contributed by atoms with E-state index in [2.05, 4.69) is 18.7 Å². The molecule has 0 aliphatic carbocycles. The highest BCUT2D eigenvalue weighted by Crippen LogP contribution is 2.32. The van der Waals surface area contributed by atoms with E-state index in [9.17, 15) is 9.90 Å². The zero-order valence-corrected chi connectivity index (χ0v) is 9.82. The summed E-state index contributed by atoms with van der Waals surface area (Å²) in [5, 5.41) is 9.34. The van der Waals surface area contributed by atoms with Crippen molar-refractivity contribution in [3.63, 3.8) is 0 Å². The molecule has 4 heteroatoms. The van der Waals surface area contributed by atoms with Crippen molar-refractivity contribution in [2.75, 3.05) is 26.8 Å². The van der Waals surface area contributed by atoms with Crippen molar-refractivity contribution < 1.29 is 14.6 Å². The summed E-state index contributed by atoms with van der Waals surface area (Å²) in [7, 11) is 1.98. The minimum absolute atomic E-state index is 0.379. The molecule has 0 saturated carbocycles. The van der Waals surface area contributed by atoms with E-state index in [1.807, 2.05) is 7.05 Å². The molecular weight excluding hydrogens is 194 g/mol. The molecule has 0 spiro atoms. The second kappa shape index (κ2) is 4.94. The van der Waals surface area contributed by atoms with E-state index in [0.29, 0.717) is 38.6 Å². The molecule has 1 heterocycles. The van der Waals surface area contributed by atoms with Crippen molar-refractivity contribution in [2.24, 2.45) is 5.41 Å². The molecule has 0 aromatic rings. The van der Waals surface area contributed by atoms with Crippen molar-refractivity contribution in [1.29, 1.82) is 0 Å². The molecule has 0 aromatic carbocycles. The van der Waals surface area contributed by atoms with E-state index in [-0.39, 0.29) is 0 Å². The number of aliphatic carboxylic acids is 1. The number of ether oxygens (including phenoxy) is 1. The largest absolute Gasteiger partial charge is 0.481 e. The molecule has 1 aliphatic heterocycles. The van der Waals surface area contributed by atoms with Crippen molar-refractivity contribution >= 4 is 5.97 Å². The van der Waals surface area contributed by atoms with Crippen LogP contribution in [-0.2, 0) is 9.53 Å². The van der Waals surface area contributed by atoms with E-state index in [1.165, 1.54) is 0 Å². The van der Waals surface area contributed by atoms with Crippen LogP contribution >= 0.6 is 0 Å². The van der Waals surface area contributed by atoms with Gasteiger partial charge in [0.25, 0.3) is 0 Å². The molecule has 0 radical (unpaired) electrons. The predicted molar refractivity (Wildman–Crippen MR) is 57.9 cm³/mol. The van der Waals surface area contributed by atoms with E-state index < -0.39 is 11.4 Å². The molecule has 88 valence electrons. The van der Waals surface area contributed by atoms with Crippen LogP contribution in [0.15, 0.2) is 0 Å². The lowest BCUT2D eigenvalue weighted by Gasteiger charge is -2.37. The molecule has 1 fully saturated rings. The number of nitrogens with zero attached hydrogens (tertiary/aromatic N) is 1. The van der Waals surface area contributed by atoms with Crippen molar-refractivity contribution in [2.45, 2.75) is 32.7 Å². The highest BCUT2D eigenvalue weighted by molar-refractivity contribution is 5.75. The molecule has 0 unspecified atom stereocenters. The summed E-state index contributed by atoms with van der Waals surface area (Å²) in [6, 6.07) is 0.379. The van der Waals surface area contributed by atoms with Crippen LogP contribution in [0.2, 0.25) is 0 Å². The molecule has 1 saturated heterocycles.